The second-order valence-corrected chi connectivity index (χ2v) is 9.91. The number of nitrogens with zero attached hydrogens (tertiary/aromatic N) is 2. The Hall–Kier alpha value is -4.38. The number of carboxylic acids is 1. The van der Waals surface area contributed by atoms with Gasteiger partial charge in [0.1, 0.15) is 0 Å². The Balaban J connectivity index is 1.37. The summed E-state index contributed by atoms with van der Waals surface area (Å²) in [6.45, 7) is 3.74. The van der Waals surface area contributed by atoms with Crippen LogP contribution in [-0.2, 0) is 13.0 Å². The highest BCUT2D eigenvalue weighted by Gasteiger charge is 2.23. The van der Waals surface area contributed by atoms with E-state index in [4.69, 9.17) is 0 Å². The minimum atomic E-state index is -0.923. The Morgan fingerprint density at radius 1 is 0.895 bits per heavy atom. The van der Waals surface area contributed by atoms with Crippen LogP contribution in [0.25, 0.3) is 11.1 Å². The first-order valence-electron chi connectivity index (χ1n) is 13.0. The minimum Gasteiger partial charge on any atom is -0.478 e. The molecule has 0 saturated heterocycles. The number of carbonyl (C=O) groups is 2. The minimum absolute atomic E-state index is 0.0164. The predicted molar refractivity (Wildman–Crippen MR) is 152 cm³/mol. The first-order chi connectivity index (χ1) is 18.4. The molecule has 38 heavy (non-hydrogen) atoms. The van der Waals surface area contributed by atoms with Gasteiger partial charge in [0.15, 0.2) is 0 Å². The summed E-state index contributed by atoms with van der Waals surface area (Å²) in [5.41, 5.74) is 7.76. The van der Waals surface area contributed by atoms with Crippen molar-refractivity contribution in [3.05, 3.63) is 125 Å². The van der Waals surface area contributed by atoms with Crippen molar-refractivity contribution in [3.63, 3.8) is 0 Å². The number of hydrogen-bond acceptors (Lipinski definition) is 3. The molecule has 1 amide bonds. The summed E-state index contributed by atoms with van der Waals surface area (Å²) in [5, 5.41) is 9.24. The SMILES string of the molecule is CC(c1ccccc1)N(C)C(=O)c1ccc2c(c1)CCCN2Cc1ccccc1-c1ccc(C(=O)O)cc1. The van der Waals surface area contributed by atoms with Gasteiger partial charge >= 0.3 is 5.97 Å². The first-order valence-corrected chi connectivity index (χ1v) is 13.0. The Morgan fingerprint density at radius 2 is 1.58 bits per heavy atom. The van der Waals surface area contributed by atoms with E-state index in [1.54, 1.807) is 12.1 Å². The van der Waals surface area contributed by atoms with Crippen LogP contribution in [0.4, 0.5) is 5.69 Å². The Bertz CT molecular complexity index is 1450. The van der Waals surface area contributed by atoms with Gasteiger partial charge in [-0.25, -0.2) is 4.79 Å². The summed E-state index contributed by atoms with van der Waals surface area (Å²) >= 11 is 0. The van der Waals surface area contributed by atoms with Crippen molar-refractivity contribution in [2.24, 2.45) is 0 Å². The second-order valence-electron chi connectivity index (χ2n) is 9.91. The quantitative estimate of drug-likeness (QED) is 0.299. The van der Waals surface area contributed by atoms with Gasteiger partial charge in [-0.05, 0) is 77.9 Å². The van der Waals surface area contributed by atoms with Crippen LogP contribution in [0.5, 0.6) is 0 Å². The van der Waals surface area contributed by atoms with E-state index < -0.39 is 5.97 Å². The summed E-state index contributed by atoms with van der Waals surface area (Å²) in [6.07, 6.45) is 1.97. The largest absolute Gasteiger partial charge is 0.478 e. The molecular formula is C33H32N2O3. The monoisotopic (exact) mass is 504 g/mol. The summed E-state index contributed by atoms with van der Waals surface area (Å²) in [6, 6.07) is 31.5. The van der Waals surface area contributed by atoms with Crippen molar-refractivity contribution < 1.29 is 14.7 Å². The van der Waals surface area contributed by atoms with Gasteiger partial charge in [0.25, 0.3) is 5.91 Å². The molecule has 5 heteroatoms. The lowest BCUT2D eigenvalue weighted by atomic mass is 9.95. The predicted octanol–water partition coefficient (Wildman–Crippen LogP) is 6.84. The fourth-order valence-corrected chi connectivity index (χ4v) is 5.24. The van der Waals surface area contributed by atoms with Crippen LogP contribution >= 0.6 is 0 Å². The van der Waals surface area contributed by atoms with Crippen molar-refractivity contribution in [1.82, 2.24) is 4.90 Å². The van der Waals surface area contributed by atoms with E-state index in [0.717, 1.165) is 48.2 Å². The third-order valence-corrected chi connectivity index (χ3v) is 7.55. The molecule has 0 spiro atoms. The molecular weight excluding hydrogens is 472 g/mol. The van der Waals surface area contributed by atoms with Gasteiger partial charge in [-0.1, -0.05) is 66.7 Å². The highest BCUT2D eigenvalue weighted by Crippen LogP contribution is 2.33. The maximum Gasteiger partial charge on any atom is 0.335 e. The molecule has 1 N–H and O–H groups in total. The van der Waals surface area contributed by atoms with Gasteiger partial charge in [-0.2, -0.15) is 0 Å². The Morgan fingerprint density at radius 3 is 2.32 bits per heavy atom. The highest BCUT2D eigenvalue weighted by molar-refractivity contribution is 5.95. The molecule has 4 aromatic carbocycles. The van der Waals surface area contributed by atoms with Crippen LogP contribution in [0.1, 0.15) is 56.8 Å². The van der Waals surface area contributed by atoms with Crippen LogP contribution in [0.15, 0.2) is 97.1 Å². The number of fused-ring (bicyclic) bond motifs is 1. The Kier molecular flexibility index (Phi) is 7.27. The maximum absolute atomic E-state index is 13.4. The zero-order chi connectivity index (χ0) is 26.6. The molecule has 1 atom stereocenters. The van der Waals surface area contributed by atoms with Crippen LogP contribution in [0.3, 0.4) is 0 Å². The molecule has 0 aliphatic carbocycles. The van der Waals surface area contributed by atoms with E-state index >= 15 is 0 Å². The molecule has 0 bridgehead atoms. The molecule has 1 unspecified atom stereocenters. The fourth-order valence-electron chi connectivity index (χ4n) is 5.24. The number of benzene rings is 4. The standard InChI is InChI=1S/C33H32N2O3/c1-23(24-9-4-3-5-10-24)34(2)32(36)28-18-19-31-27(21-28)12-8-20-35(31)22-29-11-6-7-13-30(29)25-14-16-26(17-15-25)33(37)38/h3-7,9-11,13-19,21,23H,8,12,20,22H2,1-2H3,(H,37,38). The van der Waals surface area contributed by atoms with Crippen LogP contribution in [-0.4, -0.2) is 35.5 Å². The Labute approximate surface area is 224 Å². The van der Waals surface area contributed by atoms with Crippen molar-refractivity contribution in [1.29, 1.82) is 0 Å². The molecule has 0 radical (unpaired) electrons. The zero-order valence-corrected chi connectivity index (χ0v) is 21.8. The molecule has 1 heterocycles. The summed E-state index contributed by atoms with van der Waals surface area (Å²) in [7, 11) is 1.87. The van der Waals surface area contributed by atoms with Crippen molar-refractivity contribution >= 4 is 17.6 Å². The molecule has 1 aliphatic rings. The highest BCUT2D eigenvalue weighted by atomic mass is 16.4. The van der Waals surface area contributed by atoms with E-state index in [9.17, 15) is 14.7 Å². The molecule has 4 aromatic rings. The third-order valence-electron chi connectivity index (χ3n) is 7.55. The van der Waals surface area contributed by atoms with Crippen molar-refractivity contribution in [2.75, 3.05) is 18.5 Å². The van der Waals surface area contributed by atoms with E-state index in [0.29, 0.717) is 0 Å². The average molecular weight is 505 g/mol. The first kappa shape index (κ1) is 25.3. The van der Waals surface area contributed by atoms with E-state index in [2.05, 4.69) is 48.2 Å². The molecule has 1 aliphatic heterocycles. The summed E-state index contributed by atoms with van der Waals surface area (Å²) in [4.78, 5) is 28.8. The van der Waals surface area contributed by atoms with Crippen molar-refractivity contribution in [2.45, 2.75) is 32.4 Å². The molecule has 0 aromatic heterocycles. The lowest BCUT2D eigenvalue weighted by molar-refractivity contribution is 0.0695. The number of carboxylic acid groups (broad SMARTS) is 1. The number of rotatable bonds is 7. The molecule has 0 fully saturated rings. The van der Waals surface area contributed by atoms with Crippen molar-refractivity contribution in [3.8, 4) is 11.1 Å². The zero-order valence-electron chi connectivity index (χ0n) is 21.8. The third kappa shape index (κ3) is 5.18. The maximum atomic E-state index is 13.4. The number of aryl methyl sites for hydroxylation is 1. The van der Waals surface area contributed by atoms with Gasteiger partial charge in [0.2, 0.25) is 0 Å². The second kappa shape index (κ2) is 10.9. The summed E-state index contributed by atoms with van der Waals surface area (Å²) < 4.78 is 0. The van der Waals surface area contributed by atoms with Gasteiger partial charge in [-0.15, -0.1) is 0 Å². The van der Waals surface area contributed by atoms with E-state index in [-0.39, 0.29) is 17.5 Å². The smallest absolute Gasteiger partial charge is 0.335 e. The fraction of sp³-hybridized carbons (Fsp3) is 0.212. The lowest BCUT2D eigenvalue weighted by Crippen LogP contribution is -2.31. The van der Waals surface area contributed by atoms with E-state index in [1.807, 2.05) is 60.5 Å². The molecule has 192 valence electrons. The van der Waals surface area contributed by atoms with Crippen LogP contribution < -0.4 is 4.90 Å². The van der Waals surface area contributed by atoms with Gasteiger partial charge in [0, 0.05) is 31.4 Å². The molecule has 0 saturated carbocycles. The number of hydrogen-bond donors (Lipinski definition) is 1. The number of anilines is 1. The number of carbonyl (C=O) groups excluding carboxylic acids is 1. The average Bonchev–Trinajstić information content (AvgIpc) is 2.96. The van der Waals surface area contributed by atoms with Gasteiger partial charge < -0.3 is 14.9 Å². The molecule has 5 nitrogen and oxygen atoms in total. The normalized spacial score (nSPS) is 13.5. The lowest BCUT2D eigenvalue weighted by Gasteiger charge is -2.33. The van der Waals surface area contributed by atoms with Crippen LogP contribution in [0, 0.1) is 0 Å². The van der Waals surface area contributed by atoms with Gasteiger partial charge in [-0.3, -0.25) is 4.79 Å². The topological polar surface area (TPSA) is 60.9 Å². The number of aromatic carboxylic acids is 1. The molecule has 5 rings (SSSR count). The van der Waals surface area contributed by atoms with Crippen LogP contribution in [0.2, 0.25) is 0 Å². The number of amides is 1. The van der Waals surface area contributed by atoms with Gasteiger partial charge in [0.05, 0.1) is 11.6 Å². The summed E-state index contributed by atoms with van der Waals surface area (Å²) in [5.74, 6) is -0.898. The van der Waals surface area contributed by atoms with E-state index in [1.165, 1.54) is 16.8 Å².